The number of rotatable bonds is 5. The van der Waals surface area contributed by atoms with E-state index in [1.165, 1.54) is 24.8 Å². The Bertz CT molecular complexity index is 623. The largest absolute Gasteiger partial charge is 0.454 e. The molecule has 1 amide bonds. The molecular formula is C20H29N3O3. The standard InChI is InChI=1S/C20H29N3O3/c24-20(21-17-4-2-1-3-5-17)14-23-10-8-22(9-11-23)13-16-6-7-18-19(12-16)26-15-25-18/h6-7,12,17H,1-5,8-11,13-15H2,(H,21,24). The molecule has 3 aliphatic rings. The first kappa shape index (κ1) is 17.6. The van der Waals surface area contributed by atoms with Gasteiger partial charge < -0.3 is 14.8 Å². The highest BCUT2D eigenvalue weighted by molar-refractivity contribution is 5.78. The molecule has 1 aromatic carbocycles. The van der Waals surface area contributed by atoms with Gasteiger partial charge >= 0.3 is 0 Å². The Morgan fingerprint density at radius 3 is 2.54 bits per heavy atom. The molecule has 1 aliphatic carbocycles. The van der Waals surface area contributed by atoms with Crippen LogP contribution in [0.3, 0.4) is 0 Å². The molecule has 0 radical (unpaired) electrons. The minimum absolute atomic E-state index is 0.195. The van der Waals surface area contributed by atoms with Gasteiger partial charge in [-0.3, -0.25) is 14.6 Å². The van der Waals surface area contributed by atoms with Crippen LogP contribution in [0.2, 0.25) is 0 Å². The van der Waals surface area contributed by atoms with E-state index < -0.39 is 0 Å². The fourth-order valence-electron chi connectivity index (χ4n) is 4.13. The fourth-order valence-corrected chi connectivity index (χ4v) is 4.13. The number of amides is 1. The molecule has 6 nitrogen and oxygen atoms in total. The van der Waals surface area contributed by atoms with E-state index in [1.54, 1.807) is 0 Å². The third-order valence-corrected chi connectivity index (χ3v) is 5.65. The Hall–Kier alpha value is -1.79. The van der Waals surface area contributed by atoms with Crippen LogP contribution in [-0.2, 0) is 11.3 Å². The second-order valence-corrected chi connectivity index (χ2v) is 7.64. The van der Waals surface area contributed by atoms with Gasteiger partial charge in [0.15, 0.2) is 11.5 Å². The van der Waals surface area contributed by atoms with Gasteiger partial charge in [-0.05, 0) is 30.5 Å². The molecule has 2 fully saturated rings. The molecule has 142 valence electrons. The van der Waals surface area contributed by atoms with Crippen LogP contribution in [0.4, 0.5) is 0 Å². The van der Waals surface area contributed by atoms with E-state index in [-0.39, 0.29) is 5.91 Å². The molecule has 0 unspecified atom stereocenters. The van der Waals surface area contributed by atoms with Crippen molar-refractivity contribution in [2.45, 2.75) is 44.7 Å². The average Bonchev–Trinajstić information content (AvgIpc) is 3.12. The first-order valence-corrected chi connectivity index (χ1v) is 9.89. The van der Waals surface area contributed by atoms with Crippen LogP contribution < -0.4 is 14.8 Å². The smallest absolute Gasteiger partial charge is 0.234 e. The number of nitrogens with one attached hydrogen (secondary N) is 1. The average molecular weight is 359 g/mol. The Morgan fingerprint density at radius 1 is 1.00 bits per heavy atom. The molecule has 2 heterocycles. The van der Waals surface area contributed by atoms with Gasteiger partial charge in [0.25, 0.3) is 0 Å². The summed E-state index contributed by atoms with van der Waals surface area (Å²) < 4.78 is 10.8. The molecule has 1 N–H and O–H groups in total. The van der Waals surface area contributed by atoms with Crippen molar-refractivity contribution in [2.75, 3.05) is 39.5 Å². The van der Waals surface area contributed by atoms with Crippen LogP contribution in [0.5, 0.6) is 11.5 Å². The molecule has 26 heavy (non-hydrogen) atoms. The molecule has 1 saturated carbocycles. The molecule has 6 heteroatoms. The Kier molecular flexibility index (Phi) is 5.60. The predicted molar refractivity (Wildman–Crippen MR) is 99.3 cm³/mol. The number of ether oxygens (including phenoxy) is 2. The summed E-state index contributed by atoms with van der Waals surface area (Å²) in [7, 11) is 0. The fraction of sp³-hybridized carbons (Fsp3) is 0.650. The van der Waals surface area contributed by atoms with E-state index in [4.69, 9.17) is 9.47 Å². The molecule has 0 aromatic heterocycles. The summed E-state index contributed by atoms with van der Waals surface area (Å²) >= 11 is 0. The highest BCUT2D eigenvalue weighted by atomic mass is 16.7. The summed E-state index contributed by atoms with van der Waals surface area (Å²) in [5, 5.41) is 3.22. The number of fused-ring (bicyclic) bond motifs is 1. The summed E-state index contributed by atoms with van der Waals surface area (Å²) in [6.45, 7) is 5.65. The Labute approximate surface area is 155 Å². The lowest BCUT2D eigenvalue weighted by Crippen LogP contribution is -2.50. The summed E-state index contributed by atoms with van der Waals surface area (Å²) in [6, 6.07) is 6.58. The van der Waals surface area contributed by atoms with E-state index in [9.17, 15) is 4.79 Å². The van der Waals surface area contributed by atoms with Crippen molar-refractivity contribution in [3.05, 3.63) is 23.8 Å². The highest BCUT2D eigenvalue weighted by Gasteiger charge is 2.22. The van der Waals surface area contributed by atoms with E-state index in [0.29, 0.717) is 19.4 Å². The van der Waals surface area contributed by atoms with Gasteiger partial charge in [-0.2, -0.15) is 0 Å². The Balaban J connectivity index is 1.19. The maximum atomic E-state index is 12.3. The van der Waals surface area contributed by atoms with Gasteiger partial charge in [-0.25, -0.2) is 0 Å². The van der Waals surface area contributed by atoms with Crippen LogP contribution >= 0.6 is 0 Å². The van der Waals surface area contributed by atoms with Crippen LogP contribution in [-0.4, -0.2) is 61.3 Å². The van der Waals surface area contributed by atoms with E-state index >= 15 is 0 Å². The molecule has 1 aromatic rings. The first-order chi connectivity index (χ1) is 12.8. The minimum atomic E-state index is 0.195. The predicted octanol–water partition coefficient (Wildman–Crippen LogP) is 1.98. The second kappa shape index (κ2) is 8.27. The van der Waals surface area contributed by atoms with Crippen LogP contribution in [0.1, 0.15) is 37.7 Å². The maximum absolute atomic E-state index is 12.3. The number of piperazine rings is 1. The van der Waals surface area contributed by atoms with E-state index in [0.717, 1.165) is 57.1 Å². The van der Waals surface area contributed by atoms with Crippen molar-refractivity contribution in [1.29, 1.82) is 0 Å². The van der Waals surface area contributed by atoms with Crippen molar-refractivity contribution in [2.24, 2.45) is 0 Å². The molecule has 4 rings (SSSR count). The normalized spacial score (nSPS) is 21.7. The topological polar surface area (TPSA) is 54.0 Å². The lowest BCUT2D eigenvalue weighted by atomic mass is 9.95. The molecule has 2 aliphatic heterocycles. The minimum Gasteiger partial charge on any atom is -0.454 e. The summed E-state index contributed by atoms with van der Waals surface area (Å²) in [4.78, 5) is 17.0. The third kappa shape index (κ3) is 4.48. The molecule has 1 saturated heterocycles. The van der Waals surface area contributed by atoms with Gasteiger partial charge in [0.2, 0.25) is 12.7 Å². The number of hydrogen-bond donors (Lipinski definition) is 1. The molecule has 0 bridgehead atoms. The number of carbonyl (C=O) groups is 1. The lowest BCUT2D eigenvalue weighted by molar-refractivity contribution is -0.123. The number of nitrogens with zero attached hydrogens (tertiary/aromatic N) is 2. The van der Waals surface area contributed by atoms with Crippen molar-refractivity contribution in [1.82, 2.24) is 15.1 Å². The van der Waals surface area contributed by atoms with Crippen molar-refractivity contribution in [3.8, 4) is 11.5 Å². The molecular weight excluding hydrogens is 330 g/mol. The lowest BCUT2D eigenvalue weighted by Gasteiger charge is -2.34. The monoisotopic (exact) mass is 359 g/mol. The van der Waals surface area contributed by atoms with Gasteiger partial charge in [0, 0.05) is 38.8 Å². The number of hydrogen-bond acceptors (Lipinski definition) is 5. The van der Waals surface area contributed by atoms with E-state index in [1.807, 2.05) is 6.07 Å². The van der Waals surface area contributed by atoms with Crippen LogP contribution in [0.25, 0.3) is 0 Å². The highest BCUT2D eigenvalue weighted by Crippen LogP contribution is 2.32. The van der Waals surface area contributed by atoms with Crippen molar-refractivity contribution >= 4 is 5.91 Å². The first-order valence-electron chi connectivity index (χ1n) is 9.89. The van der Waals surface area contributed by atoms with Gasteiger partial charge in [-0.1, -0.05) is 25.3 Å². The zero-order valence-electron chi connectivity index (χ0n) is 15.4. The van der Waals surface area contributed by atoms with Crippen LogP contribution in [0, 0.1) is 0 Å². The van der Waals surface area contributed by atoms with Crippen molar-refractivity contribution < 1.29 is 14.3 Å². The quantitative estimate of drug-likeness (QED) is 0.871. The van der Waals surface area contributed by atoms with Gasteiger partial charge in [0.05, 0.1) is 6.54 Å². The summed E-state index contributed by atoms with van der Waals surface area (Å²) in [5.41, 5.74) is 1.25. The molecule has 0 atom stereocenters. The zero-order chi connectivity index (χ0) is 17.8. The number of benzene rings is 1. The summed E-state index contributed by atoms with van der Waals surface area (Å²) in [6.07, 6.45) is 6.12. The Morgan fingerprint density at radius 2 is 1.73 bits per heavy atom. The van der Waals surface area contributed by atoms with Crippen molar-refractivity contribution in [3.63, 3.8) is 0 Å². The molecule has 0 spiro atoms. The maximum Gasteiger partial charge on any atom is 0.234 e. The van der Waals surface area contributed by atoms with Gasteiger partial charge in [0.1, 0.15) is 0 Å². The number of carbonyl (C=O) groups excluding carboxylic acids is 1. The van der Waals surface area contributed by atoms with Crippen LogP contribution in [0.15, 0.2) is 18.2 Å². The third-order valence-electron chi connectivity index (χ3n) is 5.65. The SMILES string of the molecule is O=C(CN1CCN(Cc2ccc3c(c2)OCO3)CC1)NC1CCCCC1. The zero-order valence-corrected chi connectivity index (χ0v) is 15.4. The van der Waals surface area contributed by atoms with E-state index in [2.05, 4.69) is 27.2 Å². The summed E-state index contributed by atoms with van der Waals surface area (Å²) in [5.74, 6) is 1.88. The van der Waals surface area contributed by atoms with Gasteiger partial charge in [-0.15, -0.1) is 0 Å². The second-order valence-electron chi connectivity index (χ2n) is 7.64.